The third-order valence-corrected chi connectivity index (χ3v) is 12.3. The minimum Gasteiger partial charge on any atom is -0.456 e. The van der Waals surface area contributed by atoms with Crippen molar-refractivity contribution in [1.29, 1.82) is 0 Å². The number of aromatic nitrogens is 4. The second-order valence-corrected chi connectivity index (χ2v) is 15.9. The molecular weight excluding hydrogens is 773 g/mol. The first kappa shape index (κ1) is 35.2. The molecule has 0 unspecified atom stereocenters. The number of benzene rings is 9. The van der Waals surface area contributed by atoms with E-state index in [1.165, 1.54) is 10.8 Å². The maximum absolute atomic E-state index is 6.82. The van der Waals surface area contributed by atoms with E-state index in [4.69, 9.17) is 23.8 Å². The molecule has 0 aliphatic carbocycles. The normalized spacial score (nSPS) is 11.8. The minimum atomic E-state index is 0.544. The van der Waals surface area contributed by atoms with Crippen LogP contribution in [0.1, 0.15) is 0 Å². The van der Waals surface area contributed by atoms with Crippen molar-refractivity contribution in [3.8, 4) is 62.1 Å². The van der Waals surface area contributed by atoms with Gasteiger partial charge in [0.2, 0.25) is 0 Å². The molecule has 0 aliphatic heterocycles. The van der Waals surface area contributed by atoms with Gasteiger partial charge in [-0.05, 0) is 65.2 Å². The zero-order valence-electron chi connectivity index (χ0n) is 33.7. The molecule has 63 heavy (non-hydrogen) atoms. The van der Waals surface area contributed by atoms with Crippen LogP contribution in [0.3, 0.4) is 0 Å². The quantitative estimate of drug-likeness (QED) is 0.167. The third kappa shape index (κ3) is 5.62. The average molecular weight is 807 g/mol. The van der Waals surface area contributed by atoms with E-state index in [1.54, 1.807) is 0 Å². The Morgan fingerprint density at radius 1 is 0.302 bits per heavy atom. The van der Waals surface area contributed by atoms with Crippen molar-refractivity contribution in [1.82, 2.24) is 19.5 Å². The van der Waals surface area contributed by atoms with Gasteiger partial charge in [-0.1, -0.05) is 158 Å². The lowest BCUT2D eigenvalue weighted by Gasteiger charge is -2.15. The standard InChI is InChI=1S/C57H34N4O2/c1-2-16-35(17-3-1)38-18-4-6-24-45(38)56-58-55(36-30-31-44-42-22-10-14-28-51(42)62-53(44)32-36)59-57(60-56)46-25-7-5-19-39(46)47-33-37(34-48-43-23-11-15-29-52(43)63-54(47)48)61-49-26-12-8-20-40(49)41-21-9-13-27-50(41)61/h1-34H. The van der Waals surface area contributed by atoms with Crippen LogP contribution in [0.25, 0.3) is 128 Å². The minimum absolute atomic E-state index is 0.544. The summed E-state index contributed by atoms with van der Waals surface area (Å²) in [6.07, 6.45) is 0. The Hall–Kier alpha value is -8.61. The molecule has 9 aromatic carbocycles. The van der Waals surface area contributed by atoms with Crippen LogP contribution in [-0.4, -0.2) is 19.5 Å². The lowest BCUT2D eigenvalue weighted by Crippen LogP contribution is -2.02. The summed E-state index contributed by atoms with van der Waals surface area (Å²) in [7, 11) is 0. The molecule has 0 radical (unpaired) electrons. The van der Waals surface area contributed by atoms with Gasteiger partial charge >= 0.3 is 0 Å². The zero-order chi connectivity index (χ0) is 41.4. The van der Waals surface area contributed by atoms with E-state index in [-0.39, 0.29) is 0 Å². The Labute approximate surface area is 361 Å². The summed E-state index contributed by atoms with van der Waals surface area (Å²) >= 11 is 0. The van der Waals surface area contributed by atoms with E-state index >= 15 is 0 Å². The molecule has 294 valence electrons. The van der Waals surface area contributed by atoms with Crippen LogP contribution >= 0.6 is 0 Å². The van der Waals surface area contributed by atoms with Crippen LogP contribution in [0.5, 0.6) is 0 Å². The Morgan fingerprint density at radius 2 is 0.810 bits per heavy atom. The topological polar surface area (TPSA) is 69.9 Å². The predicted molar refractivity (Wildman–Crippen MR) is 256 cm³/mol. The molecule has 0 amide bonds. The fourth-order valence-electron chi connectivity index (χ4n) is 9.41. The number of nitrogens with zero attached hydrogens (tertiary/aromatic N) is 4. The van der Waals surface area contributed by atoms with Gasteiger partial charge in [-0.15, -0.1) is 0 Å². The first-order valence-electron chi connectivity index (χ1n) is 21.1. The number of rotatable bonds is 6. The zero-order valence-corrected chi connectivity index (χ0v) is 33.7. The number of fused-ring (bicyclic) bond motifs is 9. The van der Waals surface area contributed by atoms with Crippen molar-refractivity contribution in [2.45, 2.75) is 0 Å². The highest BCUT2D eigenvalue weighted by Crippen LogP contribution is 2.43. The van der Waals surface area contributed by atoms with Crippen LogP contribution in [0.2, 0.25) is 0 Å². The molecule has 0 aliphatic rings. The fraction of sp³-hybridized carbons (Fsp3) is 0. The molecular formula is C57H34N4O2. The van der Waals surface area contributed by atoms with Gasteiger partial charge in [-0.2, -0.15) is 0 Å². The Balaban J connectivity index is 1.08. The summed E-state index contributed by atoms with van der Waals surface area (Å²) in [6.45, 7) is 0. The van der Waals surface area contributed by atoms with Crippen molar-refractivity contribution in [2.75, 3.05) is 0 Å². The highest BCUT2D eigenvalue weighted by Gasteiger charge is 2.23. The van der Waals surface area contributed by atoms with Gasteiger partial charge in [0.05, 0.1) is 11.0 Å². The van der Waals surface area contributed by atoms with E-state index in [2.05, 4.69) is 156 Å². The number of para-hydroxylation sites is 4. The third-order valence-electron chi connectivity index (χ3n) is 12.3. The van der Waals surface area contributed by atoms with Gasteiger partial charge in [0.15, 0.2) is 17.5 Å². The van der Waals surface area contributed by atoms with Gasteiger partial charge < -0.3 is 13.4 Å². The highest BCUT2D eigenvalue weighted by molar-refractivity contribution is 6.14. The summed E-state index contributed by atoms with van der Waals surface area (Å²) in [5.74, 6) is 1.66. The van der Waals surface area contributed by atoms with Crippen molar-refractivity contribution >= 4 is 65.7 Å². The molecule has 0 atom stereocenters. The van der Waals surface area contributed by atoms with Crippen LogP contribution in [0.4, 0.5) is 0 Å². The maximum atomic E-state index is 6.82. The SMILES string of the molecule is c1ccc(-c2ccccc2-c2nc(-c3ccc4c(c3)oc3ccccc34)nc(-c3ccccc3-c3cc(-n4c5ccccc5c5ccccc54)cc4c3oc3ccccc34)n2)cc1. The Bertz CT molecular complexity index is 3880. The molecule has 0 spiro atoms. The van der Waals surface area contributed by atoms with Gasteiger partial charge in [0.1, 0.15) is 22.3 Å². The van der Waals surface area contributed by atoms with Crippen LogP contribution in [-0.2, 0) is 0 Å². The van der Waals surface area contributed by atoms with Gasteiger partial charge in [-0.3, -0.25) is 0 Å². The monoisotopic (exact) mass is 806 g/mol. The molecule has 0 saturated heterocycles. The summed E-state index contributed by atoms with van der Waals surface area (Å²) in [6, 6.07) is 71.4. The van der Waals surface area contributed by atoms with Gasteiger partial charge in [0, 0.05) is 60.3 Å². The van der Waals surface area contributed by atoms with Crippen molar-refractivity contribution in [3.05, 3.63) is 206 Å². The Morgan fingerprint density at radius 3 is 1.51 bits per heavy atom. The highest BCUT2D eigenvalue weighted by atomic mass is 16.3. The van der Waals surface area contributed by atoms with Crippen molar-refractivity contribution < 1.29 is 8.83 Å². The average Bonchev–Trinajstić information content (AvgIpc) is 4.03. The van der Waals surface area contributed by atoms with Crippen LogP contribution in [0, 0.1) is 0 Å². The Kier molecular flexibility index (Phi) is 7.80. The smallest absolute Gasteiger partial charge is 0.164 e. The van der Waals surface area contributed by atoms with Crippen molar-refractivity contribution in [2.24, 2.45) is 0 Å². The summed E-state index contributed by atoms with van der Waals surface area (Å²) < 4.78 is 15.6. The van der Waals surface area contributed by atoms with E-state index < -0.39 is 0 Å². The van der Waals surface area contributed by atoms with Gasteiger partial charge in [0.25, 0.3) is 0 Å². The molecule has 6 heteroatoms. The molecule has 6 nitrogen and oxygen atoms in total. The lowest BCUT2D eigenvalue weighted by atomic mass is 9.96. The number of hydrogen-bond acceptors (Lipinski definition) is 5. The van der Waals surface area contributed by atoms with E-state index in [9.17, 15) is 0 Å². The first-order valence-corrected chi connectivity index (χ1v) is 21.1. The maximum Gasteiger partial charge on any atom is 0.164 e. The van der Waals surface area contributed by atoms with E-state index in [0.29, 0.717) is 17.5 Å². The molecule has 0 fully saturated rings. The van der Waals surface area contributed by atoms with Gasteiger partial charge in [-0.25, -0.2) is 15.0 Å². The lowest BCUT2D eigenvalue weighted by molar-refractivity contribution is 0.669. The summed E-state index contributed by atoms with van der Waals surface area (Å²) in [5.41, 5.74) is 13.1. The first-order chi connectivity index (χ1) is 31.2. The number of hydrogen-bond donors (Lipinski definition) is 0. The van der Waals surface area contributed by atoms with E-state index in [0.717, 1.165) is 99.5 Å². The number of furan rings is 2. The molecule has 13 aromatic rings. The largest absolute Gasteiger partial charge is 0.456 e. The second kappa shape index (κ2) is 14.0. The molecule has 0 bridgehead atoms. The second-order valence-electron chi connectivity index (χ2n) is 15.9. The molecule has 0 saturated carbocycles. The van der Waals surface area contributed by atoms with Crippen molar-refractivity contribution in [3.63, 3.8) is 0 Å². The molecule has 4 aromatic heterocycles. The van der Waals surface area contributed by atoms with Crippen LogP contribution < -0.4 is 0 Å². The van der Waals surface area contributed by atoms with Crippen LogP contribution in [0.15, 0.2) is 215 Å². The molecule has 4 heterocycles. The summed E-state index contributed by atoms with van der Waals surface area (Å²) in [5, 5.41) is 6.60. The molecule has 0 N–H and O–H groups in total. The predicted octanol–water partition coefficient (Wildman–Crippen LogP) is 15.1. The fourth-order valence-corrected chi connectivity index (χ4v) is 9.41. The van der Waals surface area contributed by atoms with E-state index in [1.807, 2.05) is 54.6 Å². The summed E-state index contributed by atoms with van der Waals surface area (Å²) in [4.78, 5) is 15.9. The molecule has 13 rings (SSSR count).